The average molecular weight is 271 g/mol. The number of benzene rings is 1. The fourth-order valence-corrected chi connectivity index (χ4v) is 1.43. The Morgan fingerprint density at radius 1 is 1.60 bits per heavy atom. The number of halogens is 1. The van der Waals surface area contributed by atoms with Crippen molar-refractivity contribution in [2.45, 2.75) is 19.5 Å². The van der Waals surface area contributed by atoms with Gasteiger partial charge in [0.15, 0.2) is 0 Å². The molecule has 15 heavy (non-hydrogen) atoms. The van der Waals surface area contributed by atoms with Crippen molar-refractivity contribution in [1.29, 1.82) is 0 Å². The summed E-state index contributed by atoms with van der Waals surface area (Å²) in [5, 5.41) is 3.12. The third kappa shape index (κ3) is 4.01. The highest BCUT2D eigenvalue weighted by atomic mass is 79.9. The standard InChI is InChI=1S/C11H15BrN2O/c1-8(13)10-4-2-3-9(5-10)7-14-11(15)6-12/h2-5,8H,6-7,13H2,1H3,(H,14,15). The van der Waals surface area contributed by atoms with Crippen LogP contribution in [0.15, 0.2) is 24.3 Å². The molecule has 1 amide bonds. The molecule has 82 valence electrons. The van der Waals surface area contributed by atoms with Gasteiger partial charge in [0.2, 0.25) is 5.91 Å². The first-order valence-corrected chi connectivity index (χ1v) is 5.92. The summed E-state index contributed by atoms with van der Waals surface area (Å²) in [5.74, 6) is -0.0128. The number of nitrogens with two attached hydrogens (primary N) is 1. The summed E-state index contributed by atoms with van der Waals surface area (Å²) in [6, 6.07) is 7.95. The van der Waals surface area contributed by atoms with E-state index < -0.39 is 0 Å². The molecular formula is C11H15BrN2O. The van der Waals surface area contributed by atoms with E-state index in [9.17, 15) is 4.79 Å². The summed E-state index contributed by atoms with van der Waals surface area (Å²) in [4.78, 5) is 11.0. The number of carbonyl (C=O) groups is 1. The van der Waals surface area contributed by atoms with Crippen molar-refractivity contribution in [1.82, 2.24) is 5.32 Å². The van der Waals surface area contributed by atoms with E-state index in [1.807, 2.05) is 31.2 Å². The van der Waals surface area contributed by atoms with Crippen molar-refractivity contribution in [2.75, 3.05) is 5.33 Å². The molecule has 0 fully saturated rings. The molecule has 1 atom stereocenters. The number of hydrogen-bond donors (Lipinski definition) is 2. The first kappa shape index (κ1) is 12.2. The lowest BCUT2D eigenvalue weighted by molar-refractivity contribution is -0.118. The molecule has 0 saturated carbocycles. The van der Waals surface area contributed by atoms with Crippen LogP contribution in [-0.2, 0) is 11.3 Å². The zero-order valence-corrected chi connectivity index (χ0v) is 10.3. The molecule has 0 spiro atoms. The largest absolute Gasteiger partial charge is 0.351 e. The Kier molecular flexibility index (Phi) is 4.78. The molecule has 0 bridgehead atoms. The number of carbonyl (C=O) groups excluding carboxylic acids is 1. The zero-order valence-electron chi connectivity index (χ0n) is 8.66. The summed E-state index contributed by atoms with van der Waals surface area (Å²) in [7, 11) is 0. The Balaban J connectivity index is 2.61. The zero-order chi connectivity index (χ0) is 11.3. The first-order chi connectivity index (χ1) is 7.13. The van der Waals surface area contributed by atoms with Gasteiger partial charge in [0, 0.05) is 12.6 Å². The van der Waals surface area contributed by atoms with Crippen LogP contribution in [0.2, 0.25) is 0 Å². The topological polar surface area (TPSA) is 55.1 Å². The number of hydrogen-bond acceptors (Lipinski definition) is 2. The van der Waals surface area contributed by atoms with Crippen molar-refractivity contribution in [2.24, 2.45) is 5.73 Å². The molecule has 1 aromatic rings. The monoisotopic (exact) mass is 270 g/mol. The molecule has 1 unspecified atom stereocenters. The second-order valence-corrected chi connectivity index (χ2v) is 4.00. The van der Waals surface area contributed by atoms with Crippen LogP contribution >= 0.6 is 15.9 Å². The van der Waals surface area contributed by atoms with Gasteiger partial charge in [-0.3, -0.25) is 4.79 Å². The van der Waals surface area contributed by atoms with Crippen LogP contribution in [0.3, 0.4) is 0 Å². The van der Waals surface area contributed by atoms with Crippen molar-refractivity contribution < 1.29 is 4.79 Å². The number of nitrogens with one attached hydrogen (secondary N) is 1. The van der Waals surface area contributed by atoms with Gasteiger partial charge in [-0.1, -0.05) is 40.2 Å². The van der Waals surface area contributed by atoms with Crippen molar-refractivity contribution >= 4 is 21.8 Å². The first-order valence-electron chi connectivity index (χ1n) is 4.80. The highest BCUT2D eigenvalue weighted by molar-refractivity contribution is 9.09. The van der Waals surface area contributed by atoms with E-state index in [0.717, 1.165) is 11.1 Å². The van der Waals surface area contributed by atoms with Gasteiger partial charge in [-0.25, -0.2) is 0 Å². The maximum absolute atomic E-state index is 11.0. The van der Waals surface area contributed by atoms with E-state index in [0.29, 0.717) is 11.9 Å². The quantitative estimate of drug-likeness (QED) is 0.819. The van der Waals surface area contributed by atoms with Gasteiger partial charge < -0.3 is 11.1 Å². The summed E-state index contributed by atoms with van der Waals surface area (Å²) in [6.45, 7) is 2.49. The second-order valence-electron chi connectivity index (χ2n) is 3.44. The molecule has 0 saturated heterocycles. The maximum Gasteiger partial charge on any atom is 0.230 e. The van der Waals surface area contributed by atoms with Crippen LogP contribution in [0.25, 0.3) is 0 Å². The van der Waals surface area contributed by atoms with E-state index in [1.54, 1.807) is 0 Å². The lowest BCUT2D eigenvalue weighted by atomic mass is 10.1. The summed E-state index contributed by atoms with van der Waals surface area (Å²) < 4.78 is 0. The van der Waals surface area contributed by atoms with E-state index in [4.69, 9.17) is 5.73 Å². The van der Waals surface area contributed by atoms with Gasteiger partial charge in [-0.05, 0) is 18.1 Å². The summed E-state index contributed by atoms with van der Waals surface area (Å²) >= 11 is 3.09. The van der Waals surface area contributed by atoms with Crippen LogP contribution in [0.5, 0.6) is 0 Å². The minimum absolute atomic E-state index is 0.0128. The molecule has 0 aromatic heterocycles. The summed E-state index contributed by atoms with van der Waals surface area (Å²) in [6.07, 6.45) is 0. The lowest BCUT2D eigenvalue weighted by Crippen LogP contribution is -2.23. The SMILES string of the molecule is CC(N)c1cccc(CNC(=O)CBr)c1. The smallest absolute Gasteiger partial charge is 0.230 e. The molecule has 0 radical (unpaired) electrons. The van der Waals surface area contributed by atoms with E-state index >= 15 is 0 Å². The molecule has 0 aliphatic rings. The minimum Gasteiger partial charge on any atom is -0.351 e. The molecule has 3 nitrogen and oxygen atoms in total. The average Bonchev–Trinajstić information content (AvgIpc) is 2.26. The predicted molar refractivity (Wildman–Crippen MR) is 64.7 cm³/mol. The highest BCUT2D eigenvalue weighted by Gasteiger charge is 2.01. The minimum atomic E-state index is -0.0128. The van der Waals surface area contributed by atoms with Crippen molar-refractivity contribution in [3.05, 3.63) is 35.4 Å². The molecule has 1 rings (SSSR count). The molecule has 0 aliphatic heterocycles. The summed E-state index contributed by atoms with van der Waals surface area (Å²) in [5.41, 5.74) is 7.92. The second kappa shape index (κ2) is 5.88. The molecule has 4 heteroatoms. The van der Waals surface area contributed by atoms with Crippen LogP contribution in [-0.4, -0.2) is 11.2 Å². The Hall–Kier alpha value is -0.870. The van der Waals surface area contributed by atoms with Crippen LogP contribution in [0.4, 0.5) is 0 Å². The predicted octanol–water partition coefficient (Wildman–Crippen LogP) is 1.72. The van der Waals surface area contributed by atoms with Crippen LogP contribution < -0.4 is 11.1 Å². The van der Waals surface area contributed by atoms with Gasteiger partial charge in [0.25, 0.3) is 0 Å². The van der Waals surface area contributed by atoms with Gasteiger partial charge >= 0.3 is 0 Å². The molecule has 1 aromatic carbocycles. The van der Waals surface area contributed by atoms with Crippen molar-refractivity contribution in [3.8, 4) is 0 Å². The highest BCUT2D eigenvalue weighted by Crippen LogP contribution is 2.11. The normalized spacial score (nSPS) is 12.2. The Morgan fingerprint density at radius 2 is 2.33 bits per heavy atom. The number of alkyl halides is 1. The maximum atomic E-state index is 11.0. The van der Waals surface area contributed by atoms with Gasteiger partial charge in [-0.2, -0.15) is 0 Å². The van der Waals surface area contributed by atoms with Crippen LogP contribution in [0, 0.1) is 0 Å². The number of amides is 1. The van der Waals surface area contributed by atoms with E-state index in [1.165, 1.54) is 0 Å². The Bertz CT molecular complexity index is 339. The van der Waals surface area contributed by atoms with Crippen LogP contribution in [0.1, 0.15) is 24.1 Å². The van der Waals surface area contributed by atoms with Crippen molar-refractivity contribution in [3.63, 3.8) is 0 Å². The van der Waals surface area contributed by atoms with Gasteiger partial charge in [0.1, 0.15) is 0 Å². The number of rotatable bonds is 4. The van der Waals surface area contributed by atoms with Gasteiger partial charge in [0.05, 0.1) is 5.33 Å². The Morgan fingerprint density at radius 3 is 2.93 bits per heavy atom. The third-order valence-corrected chi connectivity index (χ3v) is 2.60. The molecule has 0 aliphatic carbocycles. The fraction of sp³-hybridized carbons (Fsp3) is 0.364. The van der Waals surface area contributed by atoms with E-state index in [-0.39, 0.29) is 11.9 Å². The molecular weight excluding hydrogens is 256 g/mol. The third-order valence-electron chi connectivity index (χ3n) is 2.09. The molecule has 0 heterocycles. The van der Waals surface area contributed by atoms with Gasteiger partial charge in [-0.15, -0.1) is 0 Å². The molecule has 3 N–H and O–H groups in total. The van der Waals surface area contributed by atoms with E-state index in [2.05, 4.69) is 21.2 Å². The fourth-order valence-electron chi connectivity index (χ4n) is 1.23. The Labute approximate surface area is 98.2 Å². The lowest BCUT2D eigenvalue weighted by Gasteiger charge is -2.08.